The first-order valence-electron chi connectivity index (χ1n) is 8.75. The zero-order valence-electron chi connectivity index (χ0n) is 13.8. The Bertz CT molecular complexity index is 389. The van der Waals surface area contributed by atoms with E-state index >= 15 is 0 Å². The highest BCUT2D eigenvalue weighted by Crippen LogP contribution is 2.49. The lowest BCUT2D eigenvalue weighted by molar-refractivity contribution is -0.133. The zero-order valence-corrected chi connectivity index (χ0v) is 13.8. The molecule has 3 aliphatic rings. The van der Waals surface area contributed by atoms with E-state index in [0.717, 1.165) is 38.0 Å². The van der Waals surface area contributed by atoms with Gasteiger partial charge < -0.3 is 10.6 Å². The van der Waals surface area contributed by atoms with Gasteiger partial charge in [0.25, 0.3) is 0 Å². The van der Waals surface area contributed by atoms with Crippen molar-refractivity contribution in [2.75, 3.05) is 26.2 Å². The summed E-state index contributed by atoms with van der Waals surface area (Å²) in [5.74, 6) is 2.74. The summed E-state index contributed by atoms with van der Waals surface area (Å²) in [4.78, 5) is 15.1. The fraction of sp³-hybridized carbons (Fsp3) is 0.941. The van der Waals surface area contributed by atoms with Crippen molar-refractivity contribution in [1.29, 1.82) is 0 Å². The average Bonchev–Trinajstić information content (AvgIpc) is 3.10. The van der Waals surface area contributed by atoms with Gasteiger partial charge in [-0.2, -0.15) is 0 Å². The van der Waals surface area contributed by atoms with Gasteiger partial charge in [-0.05, 0) is 57.8 Å². The number of carbonyl (C=O) groups is 1. The zero-order chi connectivity index (χ0) is 15.0. The SMILES string of the molecule is CC(NC(=O)C(C)(C)N1CCNCC1)C1CC2CCC1C2. The van der Waals surface area contributed by atoms with E-state index in [9.17, 15) is 4.79 Å². The van der Waals surface area contributed by atoms with Crippen LogP contribution >= 0.6 is 0 Å². The summed E-state index contributed by atoms with van der Waals surface area (Å²) in [6, 6.07) is 0.329. The smallest absolute Gasteiger partial charge is 0.240 e. The van der Waals surface area contributed by atoms with Crippen molar-refractivity contribution in [3.8, 4) is 0 Å². The number of piperazine rings is 1. The van der Waals surface area contributed by atoms with E-state index < -0.39 is 5.54 Å². The molecule has 4 atom stereocenters. The van der Waals surface area contributed by atoms with E-state index in [1.165, 1.54) is 25.7 Å². The van der Waals surface area contributed by atoms with Crippen molar-refractivity contribution in [3.05, 3.63) is 0 Å². The van der Waals surface area contributed by atoms with Gasteiger partial charge in [-0.25, -0.2) is 0 Å². The Morgan fingerprint density at radius 3 is 2.52 bits per heavy atom. The summed E-state index contributed by atoms with van der Waals surface area (Å²) in [6.07, 6.45) is 5.55. The van der Waals surface area contributed by atoms with Crippen LogP contribution in [-0.4, -0.2) is 48.6 Å². The maximum absolute atomic E-state index is 12.8. The van der Waals surface area contributed by atoms with Crippen LogP contribution in [0.2, 0.25) is 0 Å². The maximum Gasteiger partial charge on any atom is 0.240 e. The summed E-state index contributed by atoms with van der Waals surface area (Å²) in [5.41, 5.74) is -0.395. The lowest BCUT2D eigenvalue weighted by atomic mass is 9.83. The van der Waals surface area contributed by atoms with Crippen LogP contribution in [0.15, 0.2) is 0 Å². The molecule has 1 saturated heterocycles. The fourth-order valence-corrected chi connectivity index (χ4v) is 4.76. The highest BCUT2D eigenvalue weighted by molar-refractivity contribution is 5.85. The van der Waals surface area contributed by atoms with Crippen LogP contribution in [0.3, 0.4) is 0 Å². The Hall–Kier alpha value is -0.610. The number of hydrogen-bond donors (Lipinski definition) is 2. The molecule has 1 aliphatic heterocycles. The van der Waals surface area contributed by atoms with Crippen LogP contribution in [0, 0.1) is 17.8 Å². The van der Waals surface area contributed by atoms with Gasteiger partial charge >= 0.3 is 0 Å². The molecule has 2 N–H and O–H groups in total. The standard InChI is InChI=1S/C17H31N3O/c1-12(15-11-13-4-5-14(15)10-13)19-16(21)17(2,3)20-8-6-18-7-9-20/h12-15,18H,4-11H2,1-3H3,(H,19,21). The minimum Gasteiger partial charge on any atom is -0.352 e. The first-order valence-corrected chi connectivity index (χ1v) is 8.75. The Balaban J connectivity index is 1.57. The maximum atomic E-state index is 12.8. The molecule has 0 aromatic rings. The molecule has 2 aliphatic carbocycles. The quantitative estimate of drug-likeness (QED) is 0.828. The summed E-state index contributed by atoms with van der Waals surface area (Å²) in [5, 5.41) is 6.70. The fourth-order valence-electron chi connectivity index (χ4n) is 4.76. The molecule has 3 fully saturated rings. The van der Waals surface area contributed by atoms with Crippen molar-refractivity contribution >= 4 is 5.91 Å². The predicted molar refractivity (Wildman–Crippen MR) is 85.1 cm³/mol. The Kier molecular flexibility index (Phi) is 4.28. The molecule has 1 heterocycles. The Morgan fingerprint density at radius 2 is 1.95 bits per heavy atom. The van der Waals surface area contributed by atoms with Gasteiger partial charge in [0.1, 0.15) is 0 Å². The van der Waals surface area contributed by atoms with Crippen LogP contribution in [0.4, 0.5) is 0 Å². The molecule has 0 aromatic heterocycles. The van der Waals surface area contributed by atoms with E-state index in [4.69, 9.17) is 0 Å². The van der Waals surface area contributed by atoms with E-state index in [0.29, 0.717) is 12.0 Å². The third-order valence-electron chi connectivity index (χ3n) is 6.26. The van der Waals surface area contributed by atoms with Crippen molar-refractivity contribution < 1.29 is 4.79 Å². The average molecular weight is 293 g/mol. The highest BCUT2D eigenvalue weighted by Gasteiger charge is 2.43. The predicted octanol–water partition coefficient (Wildman–Crippen LogP) is 1.61. The number of hydrogen-bond acceptors (Lipinski definition) is 3. The normalized spacial score (nSPS) is 34.9. The van der Waals surface area contributed by atoms with Crippen molar-refractivity contribution in [2.24, 2.45) is 17.8 Å². The molecular formula is C17H31N3O. The molecule has 4 heteroatoms. The van der Waals surface area contributed by atoms with Gasteiger partial charge in [-0.1, -0.05) is 6.42 Å². The van der Waals surface area contributed by atoms with Crippen LogP contribution in [0.1, 0.15) is 46.5 Å². The minimum absolute atomic E-state index is 0.208. The molecule has 0 aromatic carbocycles. The topological polar surface area (TPSA) is 44.4 Å². The van der Waals surface area contributed by atoms with Crippen LogP contribution < -0.4 is 10.6 Å². The largest absolute Gasteiger partial charge is 0.352 e. The van der Waals surface area contributed by atoms with Gasteiger partial charge in [-0.3, -0.25) is 9.69 Å². The molecule has 4 nitrogen and oxygen atoms in total. The first-order chi connectivity index (χ1) is 9.98. The lowest BCUT2D eigenvalue weighted by Gasteiger charge is -2.41. The van der Waals surface area contributed by atoms with Crippen LogP contribution in [0.5, 0.6) is 0 Å². The molecule has 21 heavy (non-hydrogen) atoms. The highest BCUT2D eigenvalue weighted by atomic mass is 16.2. The Morgan fingerprint density at radius 1 is 1.24 bits per heavy atom. The number of nitrogens with zero attached hydrogens (tertiary/aromatic N) is 1. The van der Waals surface area contributed by atoms with Gasteiger partial charge in [0.05, 0.1) is 5.54 Å². The van der Waals surface area contributed by atoms with Gasteiger partial charge in [0.2, 0.25) is 5.91 Å². The Labute approximate surface area is 129 Å². The van der Waals surface area contributed by atoms with Crippen LogP contribution in [0.25, 0.3) is 0 Å². The number of amides is 1. The van der Waals surface area contributed by atoms with E-state index in [2.05, 4.69) is 36.3 Å². The molecule has 120 valence electrons. The lowest BCUT2D eigenvalue weighted by Crippen LogP contribution is -2.61. The third-order valence-corrected chi connectivity index (χ3v) is 6.26. The van der Waals surface area contributed by atoms with Crippen molar-refractivity contribution in [2.45, 2.75) is 58.0 Å². The number of nitrogens with one attached hydrogen (secondary N) is 2. The van der Waals surface area contributed by atoms with E-state index in [-0.39, 0.29) is 5.91 Å². The second kappa shape index (κ2) is 5.88. The van der Waals surface area contributed by atoms with Crippen LogP contribution in [-0.2, 0) is 4.79 Å². The summed E-state index contributed by atoms with van der Waals surface area (Å²) >= 11 is 0. The van der Waals surface area contributed by atoms with E-state index in [1.54, 1.807) is 0 Å². The first kappa shape index (κ1) is 15.3. The molecule has 4 unspecified atom stereocenters. The second-order valence-corrected chi connectivity index (χ2v) is 7.90. The van der Waals surface area contributed by atoms with Crippen molar-refractivity contribution in [3.63, 3.8) is 0 Å². The second-order valence-electron chi connectivity index (χ2n) is 7.90. The van der Waals surface area contributed by atoms with Gasteiger partial charge in [0.15, 0.2) is 0 Å². The van der Waals surface area contributed by atoms with Crippen molar-refractivity contribution in [1.82, 2.24) is 15.5 Å². The molecule has 0 radical (unpaired) electrons. The van der Waals surface area contributed by atoms with Gasteiger partial charge in [-0.15, -0.1) is 0 Å². The minimum atomic E-state index is -0.395. The third kappa shape index (κ3) is 2.98. The number of carbonyl (C=O) groups excluding carboxylic acids is 1. The number of rotatable bonds is 4. The molecular weight excluding hydrogens is 262 g/mol. The molecule has 2 saturated carbocycles. The monoisotopic (exact) mass is 293 g/mol. The molecule has 2 bridgehead atoms. The summed E-state index contributed by atoms with van der Waals surface area (Å²) in [6.45, 7) is 10.3. The van der Waals surface area contributed by atoms with E-state index in [1.807, 2.05) is 0 Å². The summed E-state index contributed by atoms with van der Waals surface area (Å²) < 4.78 is 0. The molecule has 0 spiro atoms. The van der Waals surface area contributed by atoms with Gasteiger partial charge in [0, 0.05) is 32.2 Å². The molecule has 3 rings (SSSR count). The summed E-state index contributed by atoms with van der Waals surface area (Å²) in [7, 11) is 0. The molecule has 1 amide bonds. The number of fused-ring (bicyclic) bond motifs is 2.